The summed E-state index contributed by atoms with van der Waals surface area (Å²) < 4.78 is 13.3. The highest BCUT2D eigenvalue weighted by atomic mass is 16.3. The molecule has 2 aromatic heterocycles. The Kier molecular flexibility index (Phi) is 7.34. The van der Waals surface area contributed by atoms with Crippen molar-refractivity contribution in [2.75, 3.05) is 0 Å². The largest absolute Gasteiger partial charge is 0.455 e. The molecule has 0 aliphatic carbocycles. The highest BCUT2D eigenvalue weighted by Gasteiger charge is 2.20. The summed E-state index contributed by atoms with van der Waals surface area (Å²) in [6.07, 6.45) is 0. The van der Waals surface area contributed by atoms with E-state index in [1.165, 1.54) is 10.8 Å². The van der Waals surface area contributed by atoms with Gasteiger partial charge in [-0.3, -0.25) is 0 Å². The maximum absolute atomic E-state index is 6.64. The van der Waals surface area contributed by atoms with Crippen molar-refractivity contribution in [3.63, 3.8) is 0 Å². The third-order valence-electron chi connectivity index (χ3n) is 10.7. The summed E-state index contributed by atoms with van der Waals surface area (Å²) in [5.41, 5.74) is 10.8. The van der Waals surface area contributed by atoms with Crippen LogP contribution in [0.4, 0.5) is 0 Å². The molecule has 9 aromatic carbocycles. The highest BCUT2D eigenvalue weighted by molar-refractivity contribution is 6.12. The lowest BCUT2D eigenvalue weighted by atomic mass is 9.89. The first kappa shape index (κ1) is 31.7. The zero-order valence-electron chi connectivity index (χ0n) is 30.1. The molecule has 0 aliphatic rings. The smallest absolute Gasteiger partial charge is 0.143 e. The quantitative estimate of drug-likeness (QED) is 0.167. The molecule has 0 saturated carbocycles. The maximum Gasteiger partial charge on any atom is 0.143 e. The van der Waals surface area contributed by atoms with Crippen LogP contribution in [0.2, 0.25) is 0 Å². The predicted octanol–water partition coefficient (Wildman–Crippen LogP) is 13.9. The molecule has 2 nitrogen and oxygen atoms in total. The van der Waals surface area contributed by atoms with E-state index >= 15 is 0 Å². The van der Waals surface area contributed by atoms with Crippen molar-refractivity contribution in [1.29, 1.82) is 0 Å². The number of hydrogen-bond acceptors (Lipinski definition) is 2. The van der Waals surface area contributed by atoms with Crippen LogP contribution < -0.4 is 0 Å². The Balaban J connectivity index is 1.20. The number of rotatable bonds is 2. The van der Waals surface area contributed by atoms with Crippen molar-refractivity contribution >= 4 is 65.4 Å². The number of para-hydroxylation sites is 4. The van der Waals surface area contributed by atoms with Crippen LogP contribution in [0.25, 0.3) is 87.7 Å². The van der Waals surface area contributed by atoms with Crippen LogP contribution in [-0.4, -0.2) is 0 Å². The zero-order valence-corrected chi connectivity index (χ0v) is 30.1. The Morgan fingerprint density at radius 2 is 0.714 bits per heavy atom. The van der Waals surface area contributed by atoms with Gasteiger partial charge in [-0.1, -0.05) is 157 Å². The fourth-order valence-electron chi connectivity index (χ4n) is 7.98. The average Bonchev–Trinajstić information content (AvgIpc) is 3.84. The minimum atomic E-state index is 0.824. The van der Waals surface area contributed by atoms with Gasteiger partial charge in [0.1, 0.15) is 22.3 Å². The van der Waals surface area contributed by atoms with Crippen molar-refractivity contribution < 1.29 is 8.83 Å². The van der Waals surface area contributed by atoms with E-state index in [-0.39, 0.29) is 0 Å². The minimum Gasteiger partial charge on any atom is -0.455 e. The molecule has 11 rings (SSSR count). The third-order valence-corrected chi connectivity index (χ3v) is 10.7. The van der Waals surface area contributed by atoms with Gasteiger partial charge in [0.05, 0.1) is 0 Å². The summed E-state index contributed by atoms with van der Waals surface area (Å²) in [5, 5.41) is 8.97. The lowest BCUT2D eigenvalue weighted by molar-refractivity contribution is 0.670. The standard InChI is InChI=1S/C54H30O2/c1-3-13-39-31-35(23-27-37(39)11-1)25-29-41-33-42(30-26-36-24-28-38-12-2-4-14-40(38)32-36)50(48-20-10-18-46-44-16-6-8-22-52(44)56-54(46)48)34-49(41)47-19-9-17-45-43-15-5-7-21-51(43)55-53(45)47/h1-24,27-28,31-34H. The normalized spacial score (nSPS) is 11.3. The van der Waals surface area contributed by atoms with Crippen molar-refractivity contribution in [3.8, 4) is 45.9 Å². The first-order valence-electron chi connectivity index (χ1n) is 18.7. The summed E-state index contributed by atoms with van der Waals surface area (Å²) in [6.45, 7) is 0. The Morgan fingerprint density at radius 3 is 1.21 bits per heavy atom. The molecule has 0 saturated heterocycles. The minimum absolute atomic E-state index is 0.824. The van der Waals surface area contributed by atoms with Crippen molar-refractivity contribution in [3.05, 3.63) is 204 Å². The van der Waals surface area contributed by atoms with Crippen LogP contribution >= 0.6 is 0 Å². The van der Waals surface area contributed by atoms with E-state index in [1.54, 1.807) is 0 Å². The van der Waals surface area contributed by atoms with Gasteiger partial charge in [0.2, 0.25) is 0 Å². The monoisotopic (exact) mass is 710 g/mol. The number of fused-ring (bicyclic) bond motifs is 8. The lowest BCUT2D eigenvalue weighted by Crippen LogP contribution is -1.93. The first-order chi connectivity index (χ1) is 27.7. The van der Waals surface area contributed by atoms with Crippen LogP contribution in [0.3, 0.4) is 0 Å². The van der Waals surface area contributed by atoms with Gasteiger partial charge in [-0.15, -0.1) is 0 Å². The number of furan rings is 2. The molecular weight excluding hydrogens is 681 g/mol. The van der Waals surface area contributed by atoms with Crippen LogP contribution in [0.15, 0.2) is 191 Å². The molecule has 0 fully saturated rings. The van der Waals surface area contributed by atoms with Crippen molar-refractivity contribution in [2.45, 2.75) is 0 Å². The SMILES string of the molecule is C(#Cc1cc(C#Cc2ccc3ccccc3c2)c(-c2cccc3c2oc2ccccc23)cc1-c1cccc2c1oc1ccccc12)c1ccc2ccccc2c1. The first-order valence-corrected chi connectivity index (χ1v) is 18.7. The maximum atomic E-state index is 6.64. The summed E-state index contributed by atoms with van der Waals surface area (Å²) in [7, 11) is 0. The van der Waals surface area contributed by atoms with Gasteiger partial charge in [-0.25, -0.2) is 0 Å². The van der Waals surface area contributed by atoms with Crippen LogP contribution in [0.5, 0.6) is 0 Å². The van der Waals surface area contributed by atoms with Gasteiger partial charge in [0, 0.05) is 66.1 Å². The molecule has 56 heavy (non-hydrogen) atoms. The Labute approximate surface area is 323 Å². The molecule has 0 atom stereocenters. The second-order valence-electron chi connectivity index (χ2n) is 14.1. The van der Waals surface area contributed by atoms with Crippen LogP contribution in [-0.2, 0) is 0 Å². The summed E-state index contributed by atoms with van der Waals surface area (Å²) in [4.78, 5) is 0. The molecule has 0 radical (unpaired) electrons. The second kappa shape index (κ2) is 13.0. The topological polar surface area (TPSA) is 26.3 Å². The fourth-order valence-corrected chi connectivity index (χ4v) is 7.98. The van der Waals surface area contributed by atoms with Gasteiger partial charge >= 0.3 is 0 Å². The van der Waals surface area contributed by atoms with E-state index in [2.05, 4.69) is 181 Å². The summed E-state index contributed by atoms with van der Waals surface area (Å²) in [5.74, 6) is 14.3. The van der Waals surface area contributed by atoms with Crippen LogP contribution in [0.1, 0.15) is 22.3 Å². The van der Waals surface area contributed by atoms with E-state index in [0.717, 1.165) is 99.2 Å². The van der Waals surface area contributed by atoms with Gasteiger partial charge in [0.15, 0.2) is 0 Å². The van der Waals surface area contributed by atoms with Gasteiger partial charge in [-0.2, -0.15) is 0 Å². The molecule has 0 amide bonds. The predicted molar refractivity (Wildman–Crippen MR) is 232 cm³/mol. The molecular formula is C54H30O2. The highest BCUT2D eigenvalue weighted by Crippen LogP contribution is 2.42. The Morgan fingerprint density at radius 1 is 0.286 bits per heavy atom. The molecule has 0 aliphatic heterocycles. The fraction of sp³-hybridized carbons (Fsp3) is 0. The summed E-state index contributed by atoms with van der Waals surface area (Å²) >= 11 is 0. The average molecular weight is 711 g/mol. The molecule has 0 N–H and O–H groups in total. The second-order valence-corrected chi connectivity index (χ2v) is 14.1. The van der Waals surface area contributed by atoms with E-state index < -0.39 is 0 Å². The number of hydrogen-bond donors (Lipinski definition) is 0. The lowest BCUT2D eigenvalue weighted by Gasteiger charge is -2.13. The van der Waals surface area contributed by atoms with Gasteiger partial charge in [0.25, 0.3) is 0 Å². The third kappa shape index (κ3) is 5.41. The summed E-state index contributed by atoms with van der Waals surface area (Å²) in [6, 6.07) is 63.0. The molecule has 2 heteroatoms. The molecule has 0 bridgehead atoms. The zero-order chi connectivity index (χ0) is 37.0. The van der Waals surface area contributed by atoms with E-state index in [1.807, 2.05) is 24.3 Å². The Bertz CT molecular complexity index is 3270. The molecule has 258 valence electrons. The van der Waals surface area contributed by atoms with Gasteiger partial charge in [-0.05, 0) is 70.1 Å². The van der Waals surface area contributed by atoms with Crippen molar-refractivity contribution in [1.82, 2.24) is 0 Å². The molecule has 11 aromatic rings. The van der Waals surface area contributed by atoms with Crippen LogP contribution in [0, 0.1) is 23.7 Å². The Hall–Kier alpha value is -7.78. The number of benzene rings is 9. The van der Waals surface area contributed by atoms with E-state index in [0.29, 0.717) is 0 Å². The molecule has 0 spiro atoms. The molecule has 0 unspecified atom stereocenters. The van der Waals surface area contributed by atoms with Gasteiger partial charge < -0.3 is 8.83 Å². The molecule has 2 heterocycles. The van der Waals surface area contributed by atoms with E-state index in [4.69, 9.17) is 8.83 Å². The van der Waals surface area contributed by atoms with E-state index in [9.17, 15) is 0 Å². The van der Waals surface area contributed by atoms with Crippen molar-refractivity contribution in [2.24, 2.45) is 0 Å².